The van der Waals surface area contributed by atoms with Crippen LogP contribution in [0.1, 0.15) is 17.2 Å². The van der Waals surface area contributed by atoms with Crippen molar-refractivity contribution in [2.24, 2.45) is 5.84 Å². The molecule has 0 aliphatic heterocycles. The lowest BCUT2D eigenvalue weighted by Crippen LogP contribution is -2.28. The number of pyridine rings is 1. The summed E-state index contributed by atoms with van der Waals surface area (Å²) in [6.45, 7) is 0. The van der Waals surface area contributed by atoms with Crippen LogP contribution in [-0.2, 0) is 0 Å². The molecule has 0 saturated carbocycles. The highest BCUT2D eigenvalue weighted by atomic mass is 32.1. The van der Waals surface area contributed by atoms with Crippen molar-refractivity contribution in [2.75, 3.05) is 0 Å². The van der Waals surface area contributed by atoms with Crippen LogP contribution in [0.3, 0.4) is 0 Å². The second kappa shape index (κ2) is 4.32. The molecule has 3 N–H and O–H groups in total. The van der Waals surface area contributed by atoms with Crippen molar-refractivity contribution in [2.45, 2.75) is 6.04 Å². The zero-order chi connectivity index (χ0) is 9.80. The van der Waals surface area contributed by atoms with Crippen molar-refractivity contribution < 1.29 is 0 Å². The van der Waals surface area contributed by atoms with Crippen LogP contribution in [0, 0.1) is 0 Å². The maximum absolute atomic E-state index is 5.53. The lowest BCUT2D eigenvalue weighted by Gasteiger charge is -2.14. The normalized spacial score (nSPS) is 12.6. The first-order valence-electron chi connectivity index (χ1n) is 4.30. The standard InChI is InChI=1S/C10H11N3S/c11-13-10(9-3-6-14-7-9)8-1-4-12-5-2-8/h1-7,10,13H,11H2. The van der Waals surface area contributed by atoms with E-state index in [0.717, 1.165) is 5.56 Å². The Hall–Kier alpha value is -1.23. The van der Waals surface area contributed by atoms with Gasteiger partial charge in [-0.25, -0.2) is 5.43 Å². The Kier molecular flexibility index (Phi) is 2.88. The number of thiophene rings is 1. The number of nitrogens with zero attached hydrogens (tertiary/aromatic N) is 1. The minimum absolute atomic E-state index is 0.0595. The predicted octanol–water partition coefficient (Wildman–Crippen LogP) is 1.70. The van der Waals surface area contributed by atoms with Crippen LogP contribution in [0.2, 0.25) is 0 Å². The number of hydrogen-bond donors (Lipinski definition) is 2. The van der Waals surface area contributed by atoms with Crippen molar-refractivity contribution >= 4 is 11.3 Å². The smallest absolute Gasteiger partial charge is 0.0719 e. The van der Waals surface area contributed by atoms with Gasteiger partial charge in [0.25, 0.3) is 0 Å². The molecule has 0 radical (unpaired) electrons. The molecule has 0 saturated heterocycles. The van der Waals surface area contributed by atoms with Gasteiger partial charge in [-0.2, -0.15) is 11.3 Å². The Morgan fingerprint density at radius 3 is 2.57 bits per heavy atom. The molecule has 14 heavy (non-hydrogen) atoms. The van der Waals surface area contributed by atoms with E-state index >= 15 is 0 Å². The average molecular weight is 205 g/mol. The third kappa shape index (κ3) is 1.82. The number of hydrogen-bond acceptors (Lipinski definition) is 4. The van der Waals surface area contributed by atoms with E-state index in [1.807, 2.05) is 17.5 Å². The first-order valence-corrected chi connectivity index (χ1v) is 5.24. The van der Waals surface area contributed by atoms with Gasteiger partial charge in [-0.05, 0) is 40.1 Å². The molecule has 0 bridgehead atoms. The average Bonchev–Trinajstić information content (AvgIpc) is 2.74. The summed E-state index contributed by atoms with van der Waals surface area (Å²) < 4.78 is 0. The largest absolute Gasteiger partial charge is 0.271 e. The van der Waals surface area contributed by atoms with E-state index in [0.29, 0.717) is 0 Å². The van der Waals surface area contributed by atoms with Crippen LogP contribution in [-0.4, -0.2) is 4.98 Å². The van der Waals surface area contributed by atoms with Crippen LogP contribution in [0.25, 0.3) is 0 Å². The first kappa shape index (κ1) is 9.33. The Morgan fingerprint density at radius 2 is 2.00 bits per heavy atom. The van der Waals surface area contributed by atoms with E-state index in [2.05, 4.69) is 21.9 Å². The molecule has 3 nitrogen and oxygen atoms in total. The molecule has 2 rings (SSSR count). The molecule has 2 aromatic rings. The van der Waals surface area contributed by atoms with Gasteiger partial charge in [-0.15, -0.1) is 0 Å². The predicted molar refractivity (Wildman–Crippen MR) is 57.7 cm³/mol. The highest BCUT2D eigenvalue weighted by Crippen LogP contribution is 2.22. The second-order valence-electron chi connectivity index (χ2n) is 2.94. The van der Waals surface area contributed by atoms with Crippen molar-refractivity contribution in [3.8, 4) is 0 Å². The summed E-state index contributed by atoms with van der Waals surface area (Å²) >= 11 is 1.67. The summed E-state index contributed by atoms with van der Waals surface area (Å²) in [6.07, 6.45) is 3.54. The molecule has 1 unspecified atom stereocenters. The van der Waals surface area contributed by atoms with Crippen molar-refractivity contribution in [3.05, 3.63) is 52.5 Å². The van der Waals surface area contributed by atoms with Crippen molar-refractivity contribution in [1.82, 2.24) is 10.4 Å². The highest BCUT2D eigenvalue weighted by Gasteiger charge is 2.11. The number of rotatable bonds is 3. The van der Waals surface area contributed by atoms with Gasteiger partial charge in [0, 0.05) is 12.4 Å². The molecule has 0 aromatic carbocycles. The Labute approximate surface area is 86.6 Å². The lowest BCUT2D eigenvalue weighted by molar-refractivity contribution is 0.638. The number of nitrogens with two attached hydrogens (primary N) is 1. The fraction of sp³-hybridized carbons (Fsp3) is 0.100. The van der Waals surface area contributed by atoms with Crippen LogP contribution >= 0.6 is 11.3 Å². The third-order valence-electron chi connectivity index (χ3n) is 2.08. The van der Waals surface area contributed by atoms with Gasteiger partial charge in [0.2, 0.25) is 0 Å². The molecular weight excluding hydrogens is 194 g/mol. The molecule has 0 spiro atoms. The molecule has 0 aliphatic carbocycles. The fourth-order valence-corrected chi connectivity index (χ4v) is 2.07. The molecule has 72 valence electrons. The lowest BCUT2D eigenvalue weighted by atomic mass is 10.0. The zero-order valence-corrected chi connectivity index (χ0v) is 8.37. The quantitative estimate of drug-likeness (QED) is 0.592. The maximum Gasteiger partial charge on any atom is 0.0719 e. The van der Waals surface area contributed by atoms with Gasteiger partial charge in [0.1, 0.15) is 0 Å². The number of aromatic nitrogens is 1. The molecule has 1 atom stereocenters. The zero-order valence-electron chi connectivity index (χ0n) is 7.55. The van der Waals surface area contributed by atoms with E-state index in [1.54, 1.807) is 23.7 Å². The summed E-state index contributed by atoms with van der Waals surface area (Å²) in [4.78, 5) is 3.98. The molecule has 0 amide bonds. The minimum atomic E-state index is 0.0595. The fourth-order valence-electron chi connectivity index (χ4n) is 1.38. The van der Waals surface area contributed by atoms with E-state index in [4.69, 9.17) is 5.84 Å². The van der Waals surface area contributed by atoms with E-state index in [1.165, 1.54) is 5.56 Å². The summed E-state index contributed by atoms with van der Waals surface area (Å²) in [6, 6.07) is 6.05. The monoisotopic (exact) mass is 205 g/mol. The van der Waals surface area contributed by atoms with Gasteiger partial charge in [-0.3, -0.25) is 10.8 Å². The van der Waals surface area contributed by atoms with Gasteiger partial charge >= 0.3 is 0 Å². The summed E-state index contributed by atoms with van der Waals surface area (Å²) in [7, 11) is 0. The summed E-state index contributed by atoms with van der Waals surface area (Å²) in [5, 5.41) is 4.13. The first-order chi connectivity index (χ1) is 6.92. The van der Waals surface area contributed by atoms with Gasteiger partial charge in [0.05, 0.1) is 6.04 Å². The second-order valence-corrected chi connectivity index (χ2v) is 3.72. The van der Waals surface area contributed by atoms with Crippen LogP contribution in [0.4, 0.5) is 0 Å². The number of hydrazine groups is 1. The Balaban J connectivity index is 2.31. The van der Waals surface area contributed by atoms with Gasteiger partial charge < -0.3 is 0 Å². The molecule has 0 aliphatic rings. The van der Waals surface area contributed by atoms with E-state index < -0.39 is 0 Å². The highest BCUT2D eigenvalue weighted by molar-refractivity contribution is 7.08. The van der Waals surface area contributed by atoms with Crippen LogP contribution in [0.5, 0.6) is 0 Å². The van der Waals surface area contributed by atoms with E-state index in [-0.39, 0.29) is 6.04 Å². The minimum Gasteiger partial charge on any atom is -0.271 e. The SMILES string of the molecule is NNC(c1ccncc1)c1ccsc1. The van der Waals surface area contributed by atoms with Crippen molar-refractivity contribution in [1.29, 1.82) is 0 Å². The molecule has 2 aromatic heterocycles. The topological polar surface area (TPSA) is 50.9 Å². The Bertz CT molecular complexity index is 372. The van der Waals surface area contributed by atoms with Gasteiger partial charge in [0.15, 0.2) is 0 Å². The molecule has 4 heteroatoms. The summed E-state index contributed by atoms with van der Waals surface area (Å²) in [5.41, 5.74) is 5.11. The van der Waals surface area contributed by atoms with E-state index in [9.17, 15) is 0 Å². The van der Waals surface area contributed by atoms with Gasteiger partial charge in [-0.1, -0.05) is 0 Å². The molecular formula is C10H11N3S. The van der Waals surface area contributed by atoms with Crippen molar-refractivity contribution in [3.63, 3.8) is 0 Å². The summed E-state index contributed by atoms with van der Waals surface area (Å²) in [5.74, 6) is 5.53. The third-order valence-corrected chi connectivity index (χ3v) is 2.78. The molecule has 0 fully saturated rings. The van der Waals surface area contributed by atoms with Crippen LogP contribution in [0.15, 0.2) is 41.4 Å². The number of nitrogens with one attached hydrogen (secondary N) is 1. The molecule has 2 heterocycles. The Morgan fingerprint density at radius 1 is 1.21 bits per heavy atom. The van der Waals surface area contributed by atoms with Crippen LogP contribution < -0.4 is 11.3 Å². The maximum atomic E-state index is 5.53.